The summed E-state index contributed by atoms with van der Waals surface area (Å²) in [5.41, 5.74) is 1.17. The lowest BCUT2D eigenvalue weighted by atomic mass is 10.1. The second kappa shape index (κ2) is 10.4. The molecule has 0 atom stereocenters. The number of carbonyl (C=O) groups is 1. The first kappa shape index (κ1) is 23.3. The Morgan fingerprint density at radius 3 is 2.94 bits per heavy atom. The van der Waals surface area contributed by atoms with Gasteiger partial charge in [-0.3, -0.25) is 14.8 Å². The maximum absolute atomic E-state index is 14.3. The minimum Gasteiger partial charge on any atom is -0.359 e. The van der Waals surface area contributed by atoms with Crippen molar-refractivity contribution in [1.29, 1.82) is 0 Å². The van der Waals surface area contributed by atoms with Gasteiger partial charge in [-0.25, -0.2) is 9.67 Å². The average molecular weight is 487 g/mol. The number of amides is 1. The summed E-state index contributed by atoms with van der Waals surface area (Å²) in [6, 6.07) is 9.61. The van der Waals surface area contributed by atoms with Crippen molar-refractivity contribution >= 4 is 23.3 Å². The summed E-state index contributed by atoms with van der Waals surface area (Å²) in [5.74, 6) is -3.12. The van der Waals surface area contributed by atoms with Crippen molar-refractivity contribution < 1.29 is 13.6 Å². The second-order valence-corrected chi connectivity index (χ2v) is 7.87. The SMILES string of the molecule is O=C(CN1C=CNC(=NCC(F)(F)c2ccccn2)C1)NCc1cc(Cl)ccc1-n1cncn1. The molecule has 2 aromatic heterocycles. The van der Waals surface area contributed by atoms with Crippen molar-refractivity contribution in [2.24, 2.45) is 4.99 Å². The highest BCUT2D eigenvalue weighted by Crippen LogP contribution is 2.26. The Morgan fingerprint density at radius 2 is 2.18 bits per heavy atom. The van der Waals surface area contributed by atoms with Gasteiger partial charge in [-0.1, -0.05) is 17.7 Å². The molecule has 4 rings (SSSR count). The molecule has 3 aromatic rings. The third kappa shape index (κ3) is 5.93. The van der Waals surface area contributed by atoms with Gasteiger partial charge in [-0.15, -0.1) is 0 Å². The van der Waals surface area contributed by atoms with Crippen LogP contribution in [0, 0.1) is 0 Å². The molecule has 0 fully saturated rings. The highest BCUT2D eigenvalue weighted by molar-refractivity contribution is 6.30. The highest BCUT2D eigenvalue weighted by Gasteiger charge is 2.33. The van der Waals surface area contributed by atoms with E-state index in [0.717, 1.165) is 11.3 Å². The Labute approximate surface area is 199 Å². The Kier molecular flexibility index (Phi) is 7.12. The molecule has 0 aliphatic carbocycles. The van der Waals surface area contributed by atoms with E-state index in [1.165, 1.54) is 24.7 Å². The number of hydrogen-bond donors (Lipinski definition) is 2. The second-order valence-electron chi connectivity index (χ2n) is 7.44. The van der Waals surface area contributed by atoms with Gasteiger partial charge in [0.1, 0.15) is 30.7 Å². The number of hydrogen-bond acceptors (Lipinski definition) is 6. The number of rotatable bonds is 8. The molecule has 176 valence electrons. The predicted molar refractivity (Wildman–Crippen MR) is 122 cm³/mol. The molecule has 0 radical (unpaired) electrons. The molecule has 1 aliphatic rings. The lowest BCUT2D eigenvalue weighted by Crippen LogP contribution is -2.42. The zero-order valence-corrected chi connectivity index (χ0v) is 18.7. The third-order valence-electron chi connectivity index (χ3n) is 4.93. The van der Waals surface area contributed by atoms with Crippen LogP contribution in [0.25, 0.3) is 5.69 Å². The van der Waals surface area contributed by atoms with Crippen molar-refractivity contribution in [2.75, 3.05) is 19.6 Å². The Morgan fingerprint density at radius 1 is 1.29 bits per heavy atom. The van der Waals surface area contributed by atoms with Crippen molar-refractivity contribution in [3.8, 4) is 5.69 Å². The smallest absolute Gasteiger partial charge is 0.308 e. The number of aromatic nitrogens is 4. The van der Waals surface area contributed by atoms with Crippen LogP contribution < -0.4 is 10.6 Å². The van der Waals surface area contributed by atoms with E-state index in [0.29, 0.717) is 10.9 Å². The van der Waals surface area contributed by atoms with E-state index in [2.05, 4.69) is 30.7 Å². The summed E-state index contributed by atoms with van der Waals surface area (Å²) in [6.45, 7) is -0.321. The molecule has 0 unspecified atom stereocenters. The van der Waals surface area contributed by atoms with Crippen molar-refractivity contribution in [1.82, 2.24) is 35.3 Å². The average Bonchev–Trinajstić information content (AvgIpc) is 3.37. The van der Waals surface area contributed by atoms with Crippen LogP contribution in [0.15, 0.2) is 72.6 Å². The van der Waals surface area contributed by atoms with Crippen LogP contribution in [0.2, 0.25) is 5.02 Å². The Balaban J connectivity index is 1.33. The maximum Gasteiger partial charge on any atom is 0.308 e. The lowest BCUT2D eigenvalue weighted by Gasteiger charge is -2.25. The van der Waals surface area contributed by atoms with Gasteiger partial charge in [-0.05, 0) is 35.9 Å². The first-order valence-electron chi connectivity index (χ1n) is 10.3. The largest absolute Gasteiger partial charge is 0.359 e. The first-order valence-corrected chi connectivity index (χ1v) is 10.7. The quantitative estimate of drug-likeness (QED) is 0.507. The predicted octanol–water partition coefficient (Wildman–Crippen LogP) is 2.50. The normalized spacial score (nSPS) is 14.8. The number of alkyl halides is 2. The molecule has 1 aromatic carbocycles. The summed E-state index contributed by atoms with van der Waals surface area (Å²) in [4.78, 5) is 25.8. The van der Waals surface area contributed by atoms with Gasteiger partial charge < -0.3 is 15.5 Å². The zero-order valence-electron chi connectivity index (χ0n) is 17.9. The van der Waals surface area contributed by atoms with Crippen LogP contribution in [-0.4, -0.2) is 56.0 Å². The number of benzene rings is 1. The van der Waals surface area contributed by atoms with Crippen LogP contribution in [0.4, 0.5) is 8.78 Å². The van der Waals surface area contributed by atoms with Crippen LogP contribution in [0.5, 0.6) is 0 Å². The van der Waals surface area contributed by atoms with Crippen molar-refractivity contribution in [3.63, 3.8) is 0 Å². The van der Waals surface area contributed by atoms with Crippen molar-refractivity contribution in [2.45, 2.75) is 12.5 Å². The minimum absolute atomic E-state index is 0.0209. The molecular formula is C22H21ClF2N8O. The number of nitrogens with one attached hydrogen (secondary N) is 2. The van der Waals surface area contributed by atoms with Gasteiger partial charge in [0.15, 0.2) is 0 Å². The standard InChI is InChI=1S/C22H21ClF2N8O/c23-17-4-5-18(33-15-26-14-31-33)16(9-17)10-29-21(34)12-32-8-7-28-20(11-32)30-13-22(24,25)19-3-1-2-6-27-19/h1-9,14-15H,10-13H2,(H,28,30)(H,29,34). The van der Waals surface area contributed by atoms with Crippen LogP contribution >= 0.6 is 11.6 Å². The molecule has 12 heteroatoms. The lowest BCUT2D eigenvalue weighted by molar-refractivity contribution is -0.121. The van der Waals surface area contributed by atoms with E-state index in [9.17, 15) is 13.6 Å². The molecule has 1 amide bonds. The molecule has 34 heavy (non-hydrogen) atoms. The topological polar surface area (TPSA) is 100 Å². The van der Waals surface area contributed by atoms with Gasteiger partial charge in [0.25, 0.3) is 0 Å². The maximum atomic E-state index is 14.3. The fourth-order valence-electron chi connectivity index (χ4n) is 3.27. The molecule has 0 saturated carbocycles. The minimum atomic E-state index is -3.20. The fraction of sp³-hybridized carbons (Fsp3) is 0.227. The Bertz CT molecular complexity index is 1180. The molecule has 3 heterocycles. The summed E-state index contributed by atoms with van der Waals surface area (Å²) >= 11 is 6.11. The molecular weight excluding hydrogens is 466 g/mol. The molecule has 2 N–H and O–H groups in total. The van der Waals surface area contributed by atoms with Gasteiger partial charge in [0, 0.05) is 30.2 Å². The van der Waals surface area contributed by atoms with E-state index < -0.39 is 12.5 Å². The summed E-state index contributed by atoms with van der Waals surface area (Å²) in [7, 11) is 0. The summed E-state index contributed by atoms with van der Waals surface area (Å²) in [5, 5.41) is 10.3. The molecule has 0 spiro atoms. The Hall–Kier alpha value is -3.86. The highest BCUT2D eigenvalue weighted by atomic mass is 35.5. The third-order valence-corrected chi connectivity index (χ3v) is 5.16. The number of halogens is 3. The number of carbonyl (C=O) groups excluding carboxylic acids is 1. The summed E-state index contributed by atoms with van der Waals surface area (Å²) < 4.78 is 30.2. The van der Waals surface area contributed by atoms with E-state index in [-0.39, 0.29) is 31.2 Å². The number of pyridine rings is 1. The monoisotopic (exact) mass is 486 g/mol. The number of amidine groups is 1. The molecule has 0 bridgehead atoms. The number of nitrogens with zero attached hydrogens (tertiary/aromatic N) is 6. The fourth-order valence-corrected chi connectivity index (χ4v) is 3.47. The van der Waals surface area contributed by atoms with Gasteiger partial charge in [0.05, 0.1) is 18.8 Å². The molecule has 0 saturated heterocycles. The first-order chi connectivity index (χ1) is 16.4. The van der Waals surface area contributed by atoms with Crippen molar-refractivity contribution in [3.05, 3.63) is 83.9 Å². The van der Waals surface area contributed by atoms with Crippen LogP contribution in [-0.2, 0) is 17.3 Å². The van der Waals surface area contributed by atoms with Gasteiger partial charge in [0.2, 0.25) is 5.91 Å². The van der Waals surface area contributed by atoms with E-state index >= 15 is 0 Å². The van der Waals surface area contributed by atoms with E-state index in [1.54, 1.807) is 52.6 Å². The van der Waals surface area contributed by atoms with E-state index in [4.69, 9.17) is 11.6 Å². The number of aliphatic imine (C=N–C) groups is 1. The summed E-state index contributed by atoms with van der Waals surface area (Å²) in [6.07, 6.45) is 7.50. The van der Waals surface area contributed by atoms with Crippen LogP contribution in [0.1, 0.15) is 11.3 Å². The van der Waals surface area contributed by atoms with Gasteiger partial charge >= 0.3 is 5.92 Å². The molecule has 9 nitrogen and oxygen atoms in total. The van der Waals surface area contributed by atoms with Crippen LogP contribution in [0.3, 0.4) is 0 Å². The zero-order chi connectivity index (χ0) is 24.0. The van der Waals surface area contributed by atoms with Gasteiger partial charge in [-0.2, -0.15) is 13.9 Å². The molecule has 1 aliphatic heterocycles. The van der Waals surface area contributed by atoms with E-state index in [1.807, 2.05) is 0 Å².